The number of nitrogens with one attached hydrogen (secondary N) is 2. The fourth-order valence-corrected chi connectivity index (χ4v) is 1.95. The summed E-state index contributed by atoms with van der Waals surface area (Å²) in [6, 6.07) is 10.2. The molecule has 0 fully saturated rings. The van der Waals surface area contributed by atoms with Gasteiger partial charge in [0.15, 0.2) is 15.8 Å². The second-order valence-electron chi connectivity index (χ2n) is 5.62. The largest absolute Gasteiger partial charge is 0.356 e. The standard InChI is InChI=1S/C15H25N3O2S.HI/c1-15(2,21(4,19)20)12-18-14(16-3)17-11-10-13-8-6-5-7-9-13;/h5-9H,10-12H2,1-4H3,(H2,16,17,18);1H. The number of hydrogen-bond donors (Lipinski definition) is 2. The smallest absolute Gasteiger partial charge is 0.191 e. The molecule has 5 nitrogen and oxygen atoms in total. The van der Waals surface area contributed by atoms with E-state index in [0.717, 1.165) is 13.0 Å². The molecule has 7 heteroatoms. The van der Waals surface area contributed by atoms with Crippen molar-refractivity contribution in [2.24, 2.45) is 4.99 Å². The van der Waals surface area contributed by atoms with Crippen LogP contribution in [0.4, 0.5) is 0 Å². The maximum absolute atomic E-state index is 11.7. The molecular weight excluding hydrogens is 413 g/mol. The van der Waals surface area contributed by atoms with Crippen LogP contribution in [-0.4, -0.2) is 45.5 Å². The minimum Gasteiger partial charge on any atom is -0.356 e. The third-order valence-corrected chi connectivity index (χ3v) is 5.61. The third kappa shape index (κ3) is 6.95. The summed E-state index contributed by atoms with van der Waals surface area (Å²) in [5, 5.41) is 6.25. The summed E-state index contributed by atoms with van der Waals surface area (Å²) in [5.41, 5.74) is 1.25. The molecule has 0 unspecified atom stereocenters. The van der Waals surface area contributed by atoms with Crippen LogP contribution in [0.3, 0.4) is 0 Å². The van der Waals surface area contributed by atoms with E-state index in [9.17, 15) is 8.42 Å². The Bertz CT molecular complexity index is 572. The van der Waals surface area contributed by atoms with Gasteiger partial charge in [0, 0.05) is 26.4 Å². The lowest BCUT2D eigenvalue weighted by atomic mass is 10.1. The maximum atomic E-state index is 11.7. The van der Waals surface area contributed by atoms with E-state index in [4.69, 9.17) is 0 Å². The minimum absolute atomic E-state index is 0. The Hall–Kier alpha value is -0.830. The molecule has 0 heterocycles. The summed E-state index contributed by atoms with van der Waals surface area (Å²) in [6.45, 7) is 4.46. The highest BCUT2D eigenvalue weighted by Gasteiger charge is 2.30. The van der Waals surface area contributed by atoms with Gasteiger partial charge in [0.2, 0.25) is 0 Å². The van der Waals surface area contributed by atoms with Crippen molar-refractivity contribution in [1.29, 1.82) is 0 Å². The Kier molecular flexibility index (Phi) is 8.99. The lowest BCUT2D eigenvalue weighted by molar-refractivity contribution is 0.544. The number of sulfone groups is 1. The van der Waals surface area contributed by atoms with Gasteiger partial charge in [0.05, 0.1) is 4.75 Å². The van der Waals surface area contributed by atoms with Gasteiger partial charge in [-0.3, -0.25) is 4.99 Å². The number of hydrogen-bond acceptors (Lipinski definition) is 3. The number of guanidine groups is 1. The molecule has 0 amide bonds. The molecule has 1 aromatic carbocycles. The zero-order valence-corrected chi connectivity index (χ0v) is 16.7. The van der Waals surface area contributed by atoms with E-state index in [0.29, 0.717) is 12.5 Å². The molecule has 0 aliphatic heterocycles. The zero-order valence-electron chi connectivity index (χ0n) is 13.6. The van der Waals surface area contributed by atoms with Crippen LogP contribution in [-0.2, 0) is 16.3 Å². The Morgan fingerprint density at radius 3 is 2.27 bits per heavy atom. The Morgan fingerprint density at radius 2 is 1.77 bits per heavy atom. The van der Waals surface area contributed by atoms with Gasteiger partial charge in [0.25, 0.3) is 0 Å². The SMILES string of the molecule is CN=C(NCCc1ccccc1)NCC(C)(C)S(C)(=O)=O.I. The number of aliphatic imine (C=N–C) groups is 1. The monoisotopic (exact) mass is 439 g/mol. The molecule has 0 aliphatic carbocycles. The molecule has 0 aromatic heterocycles. The van der Waals surface area contributed by atoms with Crippen LogP contribution in [0.1, 0.15) is 19.4 Å². The quantitative estimate of drug-likeness (QED) is 0.403. The number of nitrogens with zero attached hydrogens (tertiary/aromatic N) is 1. The normalized spacial score (nSPS) is 12.5. The Balaban J connectivity index is 0.00000441. The first-order valence-corrected chi connectivity index (χ1v) is 8.83. The molecule has 0 spiro atoms. The first-order valence-electron chi connectivity index (χ1n) is 6.94. The molecule has 0 saturated heterocycles. The highest BCUT2D eigenvalue weighted by Crippen LogP contribution is 2.13. The van der Waals surface area contributed by atoms with Gasteiger partial charge in [-0.25, -0.2) is 8.42 Å². The second kappa shape index (κ2) is 9.34. The topological polar surface area (TPSA) is 70.6 Å². The van der Waals surface area contributed by atoms with Crippen LogP contribution < -0.4 is 10.6 Å². The van der Waals surface area contributed by atoms with E-state index in [1.165, 1.54) is 11.8 Å². The lowest BCUT2D eigenvalue weighted by Crippen LogP contribution is -2.48. The molecule has 0 radical (unpaired) electrons. The van der Waals surface area contributed by atoms with E-state index in [-0.39, 0.29) is 24.0 Å². The maximum Gasteiger partial charge on any atom is 0.191 e. The molecule has 126 valence electrons. The van der Waals surface area contributed by atoms with Crippen molar-refractivity contribution in [3.63, 3.8) is 0 Å². The average Bonchev–Trinajstić information content (AvgIpc) is 2.42. The summed E-state index contributed by atoms with van der Waals surface area (Å²) in [6.07, 6.45) is 2.14. The molecule has 1 rings (SSSR count). The molecule has 22 heavy (non-hydrogen) atoms. The molecule has 1 aromatic rings. The predicted molar refractivity (Wildman–Crippen MR) is 104 cm³/mol. The van der Waals surface area contributed by atoms with Gasteiger partial charge < -0.3 is 10.6 Å². The van der Waals surface area contributed by atoms with Crippen LogP contribution in [0.5, 0.6) is 0 Å². The zero-order chi connectivity index (χ0) is 15.9. The fraction of sp³-hybridized carbons (Fsp3) is 0.533. The van der Waals surface area contributed by atoms with Crippen molar-refractivity contribution in [3.05, 3.63) is 35.9 Å². The highest BCUT2D eigenvalue weighted by atomic mass is 127. The van der Waals surface area contributed by atoms with E-state index in [1.807, 2.05) is 18.2 Å². The van der Waals surface area contributed by atoms with Crippen LogP contribution in [0.2, 0.25) is 0 Å². The average molecular weight is 439 g/mol. The summed E-state index contributed by atoms with van der Waals surface area (Å²) in [5.74, 6) is 0.614. The minimum atomic E-state index is -3.12. The van der Waals surface area contributed by atoms with Crippen LogP contribution >= 0.6 is 24.0 Å². The number of benzene rings is 1. The summed E-state index contributed by atoms with van der Waals surface area (Å²) < 4.78 is 22.5. The Morgan fingerprint density at radius 1 is 1.18 bits per heavy atom. The van der Waals surface area contributed by atoms with Crippen LogP contribution in [0.15, 0.2) is 35.3 Å². The van der Waals surface area contributed by atoms with Crippen molar-refractivity contribution >= 4 is 39.8 Å². The fourth-order valence-electron chi connectivity index (χ4n) is 1.62. The van der Waals surface area contributed by atoms with Crippen molar-refractivity contribution < 1.29 is 8.42 Å². The van der Waals surface area contributed by atoms with E-state index in [1.54, 1.807) is 20.9 Å². The number of halogens is 1. The van der Waals surface area contributed by atoms with Crippen molar-refractivity contribution in [1.82, 2.24) is 10.6 Å². The molecule has 0 bridgehead atoms. The van der Waals surface area contributed by atoms with Crippen molar-refractivity contribution in [2.45, 2.75) is 25.0 Å². The Labute approximate surface area is 150 Å². The van der Waals surface area contributed by atoms with Crippen LogP contribution in [0.25, 0.3) is 0 Å². The predicted octanol–water partition coefficient (Wildman–Crippen LogP) is 1.84. The van der Waals surface area contributed by atoms with Crippen molar-refractivity contribution in [2.75, 3.05) is 26.4 Å². The molecule has 0 aliphatic rings. The van der Waals surface area contributed by atoms with E-state index >= 15 is 0 Å². The molecule has 2 N–H and O–H groups in total. The molecule has 0 saturated carbocycles. The van der Waals surface area contributed by atoms with Gasteiger partial charge in [-0.1, -0.05) is 30.3 Å². The van der Waals surface area contributed by atoms with E-state index in [2.05, 4.69) is 27.8 Å². The van der Waals surface area contributed by atoms with Gasteiger partial charge in [0.1, 0.15) is 0 Å². The first-order chi connectivity index (χ1) is 9.76. The third-order valence-electron chi connectivity index (χ3n) is 3.46. The van der Waals surface area contributed by atoms with E-state index < -0.39 is 14.6 Å². The number of rotatable bonds is 6. The summed E-state index contributed by atoms with van der Waals surface area (Å²) in [4.78, 5) is 4.10. The second-order valence-corrected chi connectivity index (χ2v) is 8.27. The highest BCUT2D eigenvalue weighted by molar-refractivity contribution is 14.0. The molecular formula is C15H26IN3O2S. The van der Waals surface area contributed by atoms with Crippen LogP contribution in [0, 0.1) is 0 Å². The van der Waals surface area contributed by atoms with Gasteiger partial charge in [-0.15, -0.1) is 24.0 Å². The summed E-state index contributed by atoms with van der Waals surface area (Å²) >= 11 is 0. The van der Waals surface area contributed by atoms with Gasteiger partial charge in [-0.05, 0) is 25.8 Å². The van der Waals surface area contributed by atoms with Crippen molar-refractivity contribution in [3.8, 4) is 0 Å². The van der Waals surface area contributed by atoms with Gasteiger partial charge >= 0.3 is 0 Å². The molecule has 0 atom stereocenters. The summed E-state index contributed by atoms with van der Waals surface area (Å²) in [7, 11) is -1.44. The first kappa shape index (κ1) is 21.2. The van der Waals surface area contributed by atoms with Gasteiger partial charge in [-0.2, -0.15) is 0 Å². The lowest BCUT2D eigenvalue weighted by Gasteiger charge is -2.24.